The first-order chi connectivity index (χ1) is 14.2. The number of nitrogens with one attached hydrogen (secondary N) is 1. The van der Waals surface area contributed by atoms with Gasteiger partial charge in [-0.25, -0.2) is 22.2 Å². The molecular formula is C20H20F2N4O3S. The number of benzene rings is 2. The van der Waals surface area contributed by atoms with E-state index in [-0.39, 0.29) is 4.90 Å². The highest BCUT2D eigenvalue weighted by atomic mass is 32.2. The highest BCUT2D eigenvalue weighted by Gasteiger charge is 2.26. The second-order valence-electron chi connectivity index (χ2n) is 6.66. The molecular weight excluding hydrogens is 414 g/mol. The molecule has 0 saturated carbocycles. The molecule has 30 heavy (non-hydrogen) atoms. The summed E-state index contributed by atoms with van der Waals surface area (Å²) in [6.45, 7) is -0.470. The van der Waals surface area contributed by atoms with E-state index in [4.69, 9.17) is 0 Å². The molecule has 10 heteroatoms. The number of sulfonamides is 1. The Bertz CT molecular complexity index is 1130. The average molecular weight is 434 g/mol. The zero-order chi connectivity index (χ0) is 21.9. The predicted molar refractivity (Wildman–Crippen MR) is 106 cm³/mol. The van der Waals surface area contributed by atoms with Crippen LogP contribution in [0, 0.1) is 11.6 Å². The van der Waals surface area contributed by atoms with Gasteiger partial charge in [0.1, 0.15) is 23.5 Å². The van der Waals surface area contributed by atoms with Crippen LogP contribution in [0.15, 0.2) is 65.8 Å². The van der Waals surface area contributed by atoms with Crippen molar-refractivity contribution < 1.29 is 22.0 Å². The maximum atomic E-state index is 13.3. The van der Waals surface area contributed by atoms with Gasteiger partial charge in [0.25, 0.3) is 0 Å². The Kier molecular flexibility index (Phi) is 6.28. The van der Waals surface area contributed by atoms with Gasteiger partial charge in [-0.1, -0.05) is 12.1 Å². The number of aryl methyl sites for hydroxylation is 1. The van der Waals surface area contributed by atoms with Gasteiger partial charge in [0.15, 0.2) is 0 Å². The highest BCUT2D eigenvalue weighted by molar-refractivity contribution is 7.89. The first-order valence-electron chi connectivity index (χ1n) is 8.92. The molecule has 1 amide bonds. The van der Waals surface area contributed by atoms with Gasteiger partial charge in [0, 0.05) is 26.5 Å². The van der Waals surface area contributed by atoms with Crippen molar-refractivity contribution in [2.45, 2.75) is 10.9 Å². The number of nitrogens with zero attached hydrogens (tertiary/aromatic N) is 3. The number of hydrogen-bond acceptors (Lipinski definition) is 4. The van der Waals surface area contributed by atoms with E-state index >= 15 is 0 Å². The lowest BCUT2D eigenvalue weighted by atomic mass is 10.1. The van der Waals surface area contributed by atoms with Crippen LogP contribution in [0.25, 0.3) is 0 Å². The van der Waals surface area contributed by atoms with E-state index < -0.39 is 40.2 Å². The molecule has 2 aromatic carbocycles. The molecule has 0 bridgehead atoms. The number of rotatable bonds is 7. The summed E-state index contributed by atoms with van der Waals surface area (Å²) in [6.07, 6.45) is 3.26. The number of carbonyl (C=O) groups is 1. The van der Waals surface area contributed by atoms with Crippen LogP contribution in [0.5, 0.6) is 0 Å². The summed E-state index contributed by atoms with van der Waals surface area (Å²) in [5, 5.41) is 2.75. The molecule has 0 aliphatic rings. The standard InChI is InChI=1S/C20H20F2N4O3S/c1-25-12-11-23-20(25)19(14-3-5-15(21)6-4-14)24-18(27)13-26(2)30(28,29)17-9-7-16(22)8-10-17/h3-12,19H,13H2,1-2H3,(H,24,27). The van der Waals surface area contributed by atoms with E-state index in [1.54, 1.807) is 24.0 Å². The Morgan fingerprint density at radius 2 is 1.67 bits per heavy atom. The number of carbonyl (C=O) groups excluding carboxylic acids is 1. The minimum Gasteiger partial charge on any atom is -0.341 e. The molecule has 1 atom stereocenters. The van der Waals surface area contributed by atoms with Crippen molar-refractivity contribution in [2.24, 2.45) is 7.05 Å². The molecule has 0 radical (unpaired) electrons. The molecule has 7 nitrogen and oxygen atoms in total. The van der Waals surface area contributed by atoms with E-state index in [1.165, 1.54) is 31.3 Å². The lowest BCUT2D eigenvalue weighted by molar-refractivity contribution is -0.121. The van der Waals surface area contributed by atoms with Crippen LogP contribution in [0.4, 0.5) is 8.78 Å². The van der Waals surface area contributed by atoms with Gasteiger partial charge in [0.05, 0.1) is 11.4 Å². The fourth-order valence-corrected chi connectivity index (χ4v) is 4.01. The largest absolute Gasteiger partial charge is 0.341 e. The van der Waals surface area contributed by atoms with Crippen molar-refractivity contribution in [3.8, 4) is 0 Å². The van der Waals surface area contributed by atoms with Gasteiger partial charge in [-0.05, 0) is 42.0 Å². The van der Waals surface area contributed by atoms with Crippen LogP contribution in [0.2, 0.25) is 0 Å². The Morgan fingerprint density at radius 1 is 1.10 bits per heavy atom. The number of hydrogen-bond donors (Lipinski definition) is 1. The van der Waals surface area contributed by atoms with Crippen molar-refractivity contribution in [1.29, 1.82) is 0 Å². The Morgan fingerprint density at radius 3 is 2.20 bits per heavy atom. The number of imidazole rings is 1. The summed E-state index contributed by atoms with van der Waals surface area (Å²) in [4.78, 5) is 16.8. The SMILES string of the molecule is CN(CC(=O)NC(c1ccc(F)cc1)c1nccn1C)S(=O)(=O)c1ccc(F)cc1. The number of halogens is 2. The van der Waals surface area contributed by atoms with Crippen LogP contribution in [-0.4, -0.2) is 41.8 Å². The minimum absolute atomic E-state index is 0.126. The summed E-state index contributed by atoms with van der Waals surface area (Å²) < 4.78 is 54.2. The second-order valence-corrected chi connectivity index (χ2v) is 8.71. The van der Waals surface area contributed by atoms with Gasteiger partial charge in [-0.2, -0.15) is 4.31 Å². The van der Waals surface area contributed by atoms with E-state index in [0.29, 0.717) is 11.4 Å². The molecule has 158 valence electrons. The Hall–Kier alpha value is -3.11. The quantitative estimate of drug-likeness (QED) is 0.618. The van der Waals surface area contributed by atoms with E-state index in [0.717, 1.165) is 28.6 Å². The third-order valence-electron chi connectivity index (χ3n) is 4.51. The lowest BCUT2D eigenvalue weighted by Gasteiger charge is -2.22. The van der Waals surface area contributed by atoms with Crippen molar-refractivity contribution in [2.75, 3.05) is 13.6 Å². The molecule has 0 fully saturated rings. The zero-order valence-corrected chi connectivity index (χ0v) is 17.1. The lowest BCUT2D eigenvalue weighted by Crippen LogP contribution is -2.40. The molecule has 1 aromatic heterocycles. The zero-order valence-electron chi connectivity index (χ0n) is 16.3. The van der Waals surface area contributed by atoms with Gasteiger partial charge in [0.2, 0.25) is 15.9 Å². The fraction of sp³-hybridized carbons (Fsp3) is 0.200. The summed E-state index contributed by atoms with van der Waals surface area (Å²) in [7, 11) is -0.981. The topological polar surface area (TPSA) is 84.3 Å². The van der Waals surface area contributed by atoms with Crippen molar-refractivity contribution in [1.82, 2.24) is 19.2 Å². The minimum atomic E-state index is -3.98. The molecule has 1 heterocycles. The summed E-state index contributed by atoms with van der Waals surface area (Å²) in [5.74, 6) is -1.07. The molecule has 3 rings (SSSR count). The first-order valence-corrected chi connectivity index (χ1v) is 10.4. The summed E-state index contributed by atoms with van der Waals surface area (Å²) in [5.41, 5.74) is 0.586. The average Bonchev–Trinajstić information content (AvgIpc) is 3.13. The van der Waals surface area contributed by atoms with Gasteiger partial charge in [-0.15, -0.1) is 0 Å². The monoisotopic (exact) mass is 434 g/mol. The third-order valence-corrected chi connectivity index (χ3v) is 6.33. The molecule has 0 aliphatic carbocycles. The van der Waals surface area contributed by atoms with Crippen LogP contribution in [0.1, 0.15) is 17.4 Å². The smallest absolute Gasteiger partial charge is 0.243 e. The van der Waals surface area contributed by atoms with E-state index in [2.05, 4.69) is 10.3 Å². The third kappa shape index (κ3) is 4.71. The first kappa shape index (κ1) is 21.6. The van der Waals surface area contributed by atoms with E-state index in [1.807, 2.05) is 0 Å². The van der Waals surface area contributed by atoms with Gasteiger partial charge >= 0.3 is 0 Å². The van der Waals surface area contributed by atoms with Gasteiger partial charge in [-0.3, -0.25) is 4.79 Å². The molecule has 0 saturated heterocycles. The maximum absolute atomic E-state index is 13.3. The Balaban J connectivity index is 1.80. The van der Waals surface area contributed by atoms with Crippen LogP contribution in [-0.2, 0) is 21.9 Å². The molecule has 1 unspecified atom stereocenters. The normalized spacial score (nSPS) is 12.7. The summed E-state index contributed by atoms with van der Waals surface area (Å²) >= 11 is 0. The summed E-state index contributed by atoms with van der Waals surface area (Å²) in [6, 6.07) is 9.20. The predicted octanol–water partition coefficient (Wildman–Crippen LogP) is 2.22. The molecule has 0 aliphatic heterocycles. The van der Waals surface area contributed by atoms with Crippen LogP contribution >= 0.6 is 0 Å². The number of likely N-dealkylation sites (N-methyl/N-ethyl adjacent to an activating group) is 1. The number of aromatic nitrogens is 2. The van der Waals surface area contributed by atoms with Crippen molar-refractivity contribution >= 4 is 15.9 Å². The van der Waals surface area contributed by atoms with Crippen LogP contribution < -0.4 is 5.32 Å². The molecule has 3 aromatic rings. The second kappa shape index (κ2) is 8.72. The van der Waals surface area contributed by atoms with E-state index in [9.17, 15) is 22.0 Å². The highest BCUT2D eigenvalue weighted by Crippen LogP contribution is 2.21. The fourth-order valence-electron chi connectivity index (χ4n) is 2.89. The molecule has 1 N–H and O–H groups in total. The Labute approximate surface area is 173 Å². The van der Waals surface area contributed by atoms with Gasteiger partial charge < -0.3 is 9.88 Å². The van der Waals surface area contributed by atoms with Crippen molar-refractivity contribution in [3.63, 3.8) is 0 Å². The van der Waals surface area contributed by atoms with Crippen LogP contribution in [0.3, 0.4) is 0 Å². The van der Waals surface area contributed by atoms with Crippen molar-refractivity contribution in [3.05, 3.63) is 83.9 Å². The maximum Gasteiger partial charge on any atom is 0.243 e. The number of amides is 1. The molecule has 0 spiro atoms.